The summed E-state index contributed by atoms with van der Waals surface area (Å²) in [6.07, 6.45) is 3.88. The summed E-state index contributed by atoms with van der Waals surface area (Å²) in [5, 5.41) is 3.47. The molecule has 0 bridgehead atoms. The van der Waals surface area contributed by atoms with Gasteiger partial charge in [-0.05, 0) is 38.3 Å². The van der Waals surface area contributed by atoms with E-state index in [1.807, 2.05) is 0 Å². The van der Waals surface area contributed by atoms with Gasteiger partial charge in [0, 0.05) is 19.1 Å². The molecule has 0 aromatic rings. The van der Waals surface area contributed by atoms with Crippen LogP contribution in [0.2, 0.25) is 0 Å². The molecule has 0 amide bonds. The first kappa shape index (κ1) is 12.0. The topological polar surface area (TPSA) is 15.3 Å². The van der Waals surface area contributed by atoms with Gasteiger partial charge in [0.25, 0.3) is 0 Å². The van der Waals surface area contributed by atoms with E-state index in [1.54, 1.807) is 0 Å². The van der Waals surface area contributed by atoms with E-state index in [1.165, 1.54) is 38.9 Å². The molecule has 0 radical (unpaired) electrons. The van der Waals surface area contributed by atoms with E-state index in [-0.39, 0.29) is 0 Å². The van der Waals surface area contributed by atoms with Crippen molar-refractivity contribution < 1.29 is 0 Å². The van der Waals surface area contributed by atoms with Gasteiger partial charge in [0.05, 0.1) is 0 Å². The van der Waals surface area contributed by atoms with Crippen LogP contribution in [0.15, 0.2) is 0 Å². The Balaban J connectivity index is 2.41. The summed E-state index contributed by atoms with van der Waals surface area (Å²) in [5.41, 5.74) is 0.511. The number of nitrogens with zero attached hydrogens (tertiary/aromatic N) is 1. The second-order valence-corrected chi connectivity index (χ2v) is 5.12. The van der Waals surface area contributed by atoms with Crippen molar-refractivity contribution in [2.45, 2.75) is 46.1 Å². The smallest absolute Gasteiger partial charge is 0.00872 e. The fourth-order valence-corrected chi connectivity index (χ4v) is 2.65. The Bertz CT molecular complexity index is 158. The lowest BCUT2D eigenvalue weighted by Gasteiger charge is -2.34. The van der Waals surface area contributed by atoms with Gasteiger partial charge < -0.3 is 10.2 Å². The molecule has 84 valence electrons. The van der Waals surface area contributed by atoms with Crippen LogP contribution in [0, 0.1) is 5.41 Å². The third-order valence-electron chi connectivity index (χ3n) is 3.65. The average molecular weight is 198 g/mol. The quantitative estimate of drug-likeness (QED) is 0.728. The maximum atomic E-state index is 3.47. The second kappa shape index (κ2) is 5.13. The minimum atomic E-state index is 0.511. The SMILES string of the molecule is CCC(CC)N(C)CC1(C)CCNC1. The first-order valence-electron chi connectivity index (χ1n) is 6.02. The molecule has 0 saturated carbocycles. The van der Waals surface area contributed by atoms with Gasteiger partial charge in [-0.3, -0.25) is 0 Å². The Kier molecular flexibility index (Phi) is 4.39. The van der Waals surface area contributed by atoms with Gasteiger partial charge >= 0.3 is 0 Å². The molecule has 1 aliphatic heterocycles. The van der Waals surface area contributed by atoms with Crippen LogP contribution in [0.1, 0.15) is 40.0 Å². The van der Waals surface area contributed by atoms with Crippen molar-refractivity contribution in [3.63, 3.8) is 0 Å². The lowest BCUT2D eigenvalue weighted by atomic mass is 9.88. The van der Waals surface area contributed by atoms with Gasteiger partial charge in [-0.2, -0.15) is 0 Å². The molecule has 0 aromatic carbocycles. The molecule has 1 heterocycles. The van der Waals surface area contributed by atoms with Gasteiger partial charge in [-0.25, -0.2) is 0 Å². The molecular weight excluding hydrogens is 172 g/mol. The van der Waals surface area contributed by atoms with Gasteiger partial charge in [-0.15, -0.1) is 0 Å². The summed E-state index contributed by atoms with van der Waals surface area (Å²) >= 11 is 0. The predicted octanol–water partition coefficient (Wildman–Crippen LogP) is 2.11. The molecule has 1 aliphatic rings. The number of rotatable bonds is 5. The maximum absolute atomic E-state index is 3.47. The first-order valence-corrected chi connectivity index (χ1v) is 6.02. The van der Waals surface area contributed by atoms with Crippen molar-refractivity contribution in [2.75, 3.05) is 26.7 Å². The van der Waals surface area contributed by atoms with Crippen molar-refractivity contribution in [1.29, 1.82) is 0 Å². The van der Waals surface area contributed by atoms with Crippen LogP contribution in [-0.4, -0.2) is 37.6 Å². The third-order valence-corrected chi connectivity index (χ3v) is 3.65. The van der Waals surface area contributed by atoms with Gasteiger partial charge in [-0.1, -0.05) is 20.8 Å². The molecule has 1 fully saturated rings. The zero-order valence-electron chi connectivity index (χ0n) is 10.3. The Morgan fingerprint density at radius 2 is 2.00 bits per heavy atom. The lowest BCUT2D eigenvalue weighted by molar-refractivity contribution is 0.153. The minimum absolute atomic E-state index is 0.511. The summed E-state index contributed by atoms with van der Waals surface area (Å²) in [6, 6.07) is 0.771. The van der Waals surface area contributed by atoms with Crippen molar-refractivity contribution >= 4 is 0 Å². The van der Waals surface area contributed by atoms with Crippen LogP contribution in [0.4, 0.5) is 0 Å². The van der Waals surface area contributed by atoms with E-state index in [0.717, 1.165) is 6.04 Å². The second-order valence-electron chi connectivity index (χ2n) is 5.12. The molecular formula is C12H26N2. The van der Waals surface area contributed by atoms with Crippen LogP contribution >= 0.6 is 0 Å². The van der Waals surface area contributed by atoms with Crippen LogP contribution < -0.4 is 5.32 Å². The van der Waals surface area contributed by atoms with Crippen molar-refractivity contribution in [1.82, 2.24) is 10.2 Å². The van der Waals surface area contributed by atoms with Crippen LogP contribution in [0.5, 0.6) is 0 Å². The average Bonchev–Trinajstić information content (AvgIpc) is 2.54. The Morgan fingerprint density at radius 1 is 1.36 bits per heavy atom. The predicted molar refractivity (Wildman–Crippen MR) is 62.6 cm³/mol. The van der Waals surface area contributed by atoms with Crippen molar-refractivity contribution in [3.05, 3.63) is 0 Å². The largest absolute Gasteiger partial charge is 0.316 e. The third kappa shape index (κ3) is 2.96. The Labute approximate surface area is 89.1 Å². The highest BCUT2D eigenvalue weighted by atomic mass is 15.1. The van der Waals surface area contributed by atoms with Crippen LogP contribution in [0.3, 0.4) is 0 Å². The maximum Gasteiger partial charge on any atom is 0.00872 e. The molecule has 0 aromatic heterocycles. The highest BCUT2D eigenvalue weighted by molar-refractivity contribution is 4.87. The van der Waals surface area contributed by atoms with E-state index in [4.69, 9.17) is 0 Å². The summed E-state index contributed by atoms with van der Waals surface area (Å²) < 4.78 is 0. The molecule has 2 nitrogen and oxygen atoms in total. The zero-order valence-corrected chi connectivity index (χ0v) is 10.3. The normalized spacial score (nSPS) is 27.9. The van der Waals surface area contributed by atoms with Crippen molar-refractivity contribution in [2.24, 2.45) is 5.41 Å². The molecule has 1 atom stereocenters. The van der Waals surface area contributed by atoms with Gasteiger partial charge in [0.2, 0.25) is 0 Å². The monoisotopic (exact) mass is 198 g/mol. The molecule has 2 heteroatoms. The Hall–Kier alpha value is -0.0800. The standard InChI is InChI=1S/C12H26N2/c1-5-11(6-2)14(4)10-12(3)7-8-13-9-12/h11,13H,5-10H2,1-4H3. The van der Waals surface area contributed by atoms with E-state index >= 15 is 0 Å². The summed E-state index contributed by atoms with van der Waals surface area (Å²) in [5.74, 6) is 0. The molecule has 1 N–H and O–H groups in total. The molecule has 1 unspecified atom stereocenters. The van der Waals surface area contributed by atoms with Crippen LogP contribution in [0.25, 0.3) is 0 Å². The van der Waals surface area contributed by atoms with E-state index < -0.39 is 0 Å². The molecule has 14 heavy (non-hydrogen) atoms. The fraction of sp³-hybridized carbons (Fsp3) is 1.00. The summed E-state index contributed by atoms with van der Waals surface area (Å²) in [4.78, 5) is 2.55. The fourth-order valence-electron chi connectivity index (χ4n) is 2.65. The molecule has 0 aliphatic carbocycles. The molecule has 0 spiro atoms. The summed E-state index contributed by atoms with van der Waals surface area (Å²) in [6.45, 7) is 10.6. The lowest BCUT2D eigenvalue weighted by Crippen LogP contribution is -2.40. The summed E-state index contributed by atoms with van der Waals surface area (Å²) in [7, 11) is 2.28. The van der Waals surface area contributed by atoms with E-state index in [2.05, 4.69) is 38.0 Å². The number of hydrogen-bond donors (Lipinski definition) is 1. The van der Waals surface area contributed by atoms with Crippen molar-refractivity contribution in [3.8, 4) is 0 Å². The highest BCUT2D eigenvalue weighted by Crippen LogP contribution is 2.26. The Morgan fingerprint density at radius 3 is 2.43 bits per heavy atom. The van der Waals surface area contributed by atoms with Crippen LogP contribution in [-0.2, 0) is 0 Å². The first-order chi connectivity index (χ1) is 6.61. The number of hydrogen-bond acceptors (Lipinski definition) is 2. The highest BCUT2D eigenvalue weighted by Gasteiger charge is 2.30. The van der Waals surface area contributed by atoms with E-state index in [0.29, 0.717) is 5.41 Å². The number of nitrogens with one attached hydrogen (secondary N) is 1. The van der Waals surface area contributed by atoms with Gasteiger partial charge in [0.1, 0.15) is 0 Å². The minimum Gasteiger partial charge on any atom is -0.316 e. The molecule has 1 rings (SSSR count). The van der Waals surface area contributed by atoms with E-state index in [9.17, 15) is 0 Å². The molecule has 1 saturated heterocycles. The zero-order chi connectivity index (χ0) is 10.6. The van der Waals surface area contributed by atoms with Gasteiger partial charge in [0.15, 0.2) is 0 Å².